The van der Waals surface area contributed by atoms with Crippen LogP contribution in [0, 0.1) is 11.8 Å². The van der Waals surface area contributed by atoms with Crippen molar-refractivity contribution in [2.24, 2.45) is 17.6 Å². The molecule has 0 spiro atoms. The summed E-state index contributed by atoms with van der Waals surface area (Å²) in [5.41, 5.74) is 8.89. The summed E-state index contributed by atoms with van der Waals surface area (Å²) in [6.07, 6.45) is 2.64. The van der Waals surface area contributed by atoms with E-state index < -0.39 is 11.8 Å². The molecule has 2 N–H and O–H groups in total. The number of para-hydroxylation sites is 1. The fourth-order valence-corrected chi connectivity index (χ4v) is 3.23. The van der Waals surface area contributed by atoms with Gasteiger partial charge in [0.2, 0.25) is 11.8 Å². The molecule has 0 saturated heterocycles. The fourth-order valence-electron chi connectivity index (χ4n) is 3.23. The maximum atomic E-state index is 12.6. The second kappa shape index (κ2) is 4.37. The molecule has 2 aliphatic rings. The lowest BCUT2D eigenvalue weighted by Gasteiger charge is -2.39. The van der Waals surface area contributed by atoms with Crippen molar-refractivity contribution in [2.45, 2.75) is 26.2 Å². The van der Waals surface area contributed by atoms with Crippen LogP contribution in [0.15, 0.2) is 18.2 Å². The number of anilines is 1. The minimum absolute atomic E-state index is 0.0611. The lowest BCUT2D eigenvalue weighted by atomic mass is 9.80. The van der Waals surface area contributed by atoms with Crippen molar-refractivity contribution < 1.29 is 9.59 Å². The van der Waals surface area contributed by atoms with Crippen LogP contribution in [0.4, 0.5) is 5.69 Å². The van der Waals surface area contributed by atoms with Gasteiger partial charge in [0, 0.05) is 12.5 Å². The standard InChI is InChI=1S/C15H18N2O2/c1-9(14(16)18)12-8-11-5-2-4-10-6-3-7-17(13(10)11)15(12)19/h2,4-5,9,12H,3,6-8H2,1H3,(H2,16,18). The Labute approximate surface area is 112 Å². The van der Waals surface area contributed by atoms with Crippen LogP contribution in [0.5, 0.6) is 0 Å². The van der Waals surface area contributed by atoms with Gasteiger partial charge in [-0.15, -0.1) is 0 Å². The number of primary amides is 1. The second-order valence-corrected chi connectivity index (χ2v) is 5.52. The first-order chi connectivity index (χ1) is 9.09. The van der Waals surface area contributed by atoms with Gasteiger partial charge in [-0.2, -0.15) is 0 Å². The zero-order chi connectivity index (χ0) is 13.6. The number of aryl methyl sites for hydroxylation is 1. The van der Waals surface area contributed by atoms with E-state index in [1.807, 2.05) is 11.0 Å². The van der Waals surface area contributed by atoms with Crippen LogP contribution >= 0.6 is 0 Å². The molecule has 0 bridgehead atoms. The predicted molar refractivity (Wildman–Crippen MR) is 72.7 cm³/mol. The highest BCUT2D eigenvalue weighted by Gasteiger charge is 2.39. The van der Waals surface area contributed by atoms with Crippen molar-refractivity contribution in [3.8, 4) is 0 Å². The zero-order valence-corrected chi connectivity index (χ0v) is 11.1. The van der Waals surface area contributed by atoms with Crippen LogP contribution in [-0.2, 0) is 22.4 Å². The molecule has 0 radical (unpaired) electrons. The smallest absolute Gasteiger partial charge is 0.231 e. The Morgan fingerprint density at radius 1 is 1.42 bits per heavy atom. The molecular weight excluding hydrogens is 240 g/mol. The van der Waals surface area contributed by atoms with Gasteiger partial charge in [0.05, 0.1) is 11.6 Å². The van der Waals surface area contributed by atoms with E-state index in [0.29, 0.717) is 6.42 Å². The number of carbonyl (C=O) groups is 2. The SMILES string of the molecule is CC(C(N)=O)C1Cc2cccc3c2N(CCC3)C1=O. The Bertz CT molecular complexity index is 553. The Balaban J connectivity index is 2.05. The van der Waals surface area contributed by atoms with Crippen LogP contribution in [-0.4, -0.2) is 18.4 Å². The van der Waals surface area contributed by atoms with Gasteiger partial charge in [0.1, 0.15) is 0 Å². The summed E-state index contributed by atoms with van der Waals surface area (Å²) < 4.78 is 0. The number of hydrogen-bond donors (Lipinski definition) is 1. The molecule has 2 aliphatic heterocycles. The Morgan fingerprint density at radius 2 is 2.16 bits per heavy atom. The van der Waals surface area contributed by atoms with Crippen molar-refractivity contribution in [1.29, 1.82) is 0 Å². The Kier molecular flexibility index (Phi) is 2.81. The molecule has 3 rings (SSSR count). The number of rotatable bonds is 2. The van der Waals surface area contributed by atoms with E-state index in [-0.39, 0.29) is 11.8 Å². The topological polar surface area (TPSA) is 63.4 Å². The average molecular weight is 258 g/mol. The van der Waals surface area contributed by atoms with Gasteiger partial charge in [-0.25, -0.2) is 0 Å². The molecule has 2 amide bonds. The van der Waals surface area contributed by atoms with Crippen molar-refractivity contribution in [1.82, 2.24) is 0 Å². The van der Waals surface area contributed by atoms with E-state index in [4.69, 9.17) is 5.73 Å². The summed E-state index contributed by atoms with van der Waals surface area (Å²) in [6, 6.07) is 6.19. The highest BCUT2D eigenvalue weighted by Crippen LogP contribution is 2.39. The van der Waals surface area contributed by atoms with Crippen LogP contribution < -0.4 is 10.6 Å². The Hall–Kier alpha value is -1.84. The van der Waals surface area contributed by atoms with E-state index in [0.717, 1.165) is 25.1 Å². The largest absolute Gasteiger partial charge is 0.369 e. The summed E-state index contributed by atoms with van der Waals surface area (Å²) in [4.78, 5) is 25.8. The Morgan fingerprint density at radius 3 is 2.89 bits per heavy atom. The van der Waals surface area contributed by atoms with Gasteiger partial charge in [-0.05, 0) is 30.4 Å². The third kappa shape index (κ3) is 1.82. The maximum absolute atomic E-state index is 12.6. The summed E-state index contributed by atoms with van der Waals surface area (Å²) >= 11 is 0. The summed E-state index contributed by atoms with van der Waals surface area (Å²) in [7, 11) is 0. The third-order valence-corrected chi connectivity index (χ3v) is 4.38. The number of nitrogens with zero attached hydrogens (tertiary/aromatic N) is 1. The van der Waals surface area contributed by atoms with Crippen molar-refractivity contribution in [3.05, 3.63) is 29.3 Å². The van der Waals surface area contributed by atoms with Crippen molar-refractivity contribution in [3.63, 3.8) is 0 Å². The van der Waals surface area contributed by atoms with Gasteiger partial charge in [-0.3, -0.25) is 9.59 Å². The summed E-state index contributed by atoms with van der Waals surface area (Å²) in [5.74, 6) is -1.05. The van der Waals surface area contributed by atoms with Crippen LogP contribution in [0.3, 0.4) is 0 Å². The first-order valence-corrected chi connectivity index (χ1v) is 6.81. The fraction of sp³-hybridized carbons (Fsp3) is 0.467. The quantitative estimate of drug-likeness (QED) is 0.868. The molecule has 2 heterocycles. The number of amides is 2. The van der Waals surface area contributed by atoms with E-state index in [1.165, 1.54) is 11.1 Å². The first-order valence-electron chi connectivity index (χ1n) is 6.81. The lowest BCUT2D eigenvalue weighted by molar-refractivity contribution is -0.131. The van der Waals surface area contributed by atoms with Crippen molar-refractivity contribution in [2.75, 3.05) is 11.4 Å². The highest BCUT2D eigenvalue weighted by atomic mass is 16.2. The van der Waals surface area contributed by atoms with Crippen molar-refractivity contribution >= 4 is 17.5 Å². The number of benzene rings is 1. The van der Waals surface area contributed by atoms with Gasteiger partial charge in [-0.1, -0.05) is 25.1 Å². The van der Waals surface area contributed by atoms with E-state index >= 15 is 0 Å². The summed E-state index contributed by atoms with van der Waals surface area (Å²) in [6.45, 7) is 2.51. The predicted octanol–water partition coefficient (Wildman–Crippen LogP) is 1.26. The zero-order valence-electron chi connectivity index (χ0n) is 11.1. The average Bonchev–Trinajstić information content (AvgIpc) is 2.42. The molecule has 2 unspecified atom stereocenters. The number of hydrogen-bond acceptors (Lipinski definition) is 2. The van der Waals surface area contributed by atoms with Crippen LogP contribution in [0.25, 0.3) is 0 Å². The second-order valence-electron chi connectivity index (χ2n) is 5.52. The lowest BCUT2D eigenvalue weighted by Crippen LogP contribution is -2.48. The molecule has 0 fully saturated rings. The van der Waals surface area contributed by atoms with E-state index in [9.17, 15) is 9.59 Å². The molecule has 0 saturated carbocycles. The third-order valence-electron chi connectivity index (χ3n) is 4.38. The van der Waals surface area contributed by atoms with E-state index in [1.54, 1.807) is 6.92 Å². The van der Waals surface area contributed by atoms with Crippen LogP contribution in [0.2, 0.25) is 0 Å². The molecule has 2 atom stereocenters. The molecule has 100 valence electrons. The summed E-state index contributed by atoms with van der Waals surface area (Å²) in [5, 5.41) is 0. The van der Waals surface area contributed by atoms with Gasteiger partial charge in [0.25, 0.3) is 0 Å². The highest BCUT2D eigenvalue weighted by molar-refractivity contribution is 6.01. The van der Waals surface area contributed by atoms with E-state index in [2.05, 4.69) is 12.1 Å². The monoisotopic (exact) mass is 258 g/mol. The van der Waals surface area contributed by atoms with Gasteiger partial charge >= 0.3 is 0 Å². The van der Waals surface area contributed by atoms with Crippen LogP contribution in [0.1, 0.15) is 24.5 Å². The molecular formula is C15H18N2O2. The molecule has 4 heteroatoms. The molecule has 4 nitrogen and oxygen atoms in total. The molecule has 0 aromatic heterocycles. The minimum atomic E-state index is -0.411. The minimum Gasteiger partial charge on any atom is -0.369 e. The number of nitrogens with two attached hydrogens (primary N) is 1. The normalized spacial score (nSPS) is 22.9. The number of carbonyl (C=O) groups excluding carboxylic acids is 2. The van der Waals surface area contributed by atoms with Gasteiger partial charge < -0.3 is 10.6 Å². The molecule has 1 aromatic rings. The van der Waals surface area contributed by atoms with Gasteiger partial charge in [0.15, 0.2) is 0 Å². The molecule has 1 aromatic carbocycles. The maximum Gasteiger partial charge on any atom is 0.231 e. The first kappa shape index (κ1) is 12.2. The molecule has 19 heavy (non-hydrogen) atoms. The molecule has 0 aliphatic carbocycles.